The van der Waals surface area contributed by atoms with Crippen LogP contribution in [-0.4, -0.2) is 13.7 Å². The van der Waals surface area contributed by atoms with E-state index in [1.54, 1.807) is 7.11 Å². The van der Waals surface area contributed by atoms with E-state index in [4.69, 9.17) is 15.2 Å². The summed E-state index contributed by atoms with van der Waals surface area (Å²) in [5.41, 5.74) is 7.22. The predicted octanol–water partition coefficient (Wildman–Crippen LogP) is 2.43. The molecule has 16 heavy (non-hydrogen) atoms. The molecule has 0 amide bonds. The third kappa shape index (κ3) is 1.76. The number of para-hydroxylation sites is 1. The second-order valence-electron chi connectivity index (χ2n) is 4.28. The normalized spacial score (nSPS) is 17.7. The van der Waals surface area contributed by atoms with Crippen molar-refractivity contribution in [3.63, 3.8) is 0 Å². The summed E-state index contributed by atoms with van der Waals surface area (Å²) < 4.78 is 11.0. The zero-order valence-corrected chi connectivity index (χ0v) is 9.95. The number of nitrogens with two attached hydrogens (primary N) is 1. The second kappa shape index (κ2) is 4.34. The summed E-state index contributed by atoms with van der Waals surface area (Å²) in [4.78, 5) is 0. The van der Waals surface area contributed by atoms with Crippen LogP contribution in [0.15, 0.2) is 18.2 Å². The van der Waals surface area contributed by atoms with E-state index in [1.807, 2.05) is 25.1 Å². The molecule has 0 spiro atoms. The number of hydrogen-bond acceptors (Lipinski definition) is 3. The molecule has 1 saturated carbocycles. The molecule has 2 N–H and O–H groups in total. The number of benzene rings is 1. The number of ether oxygens (including phenoxy) is 2. The van der Waals surface area contributed by atoms with Gasteiger partial charge in [0.05, 0.1) is 13.7 Å². The van der Waals surface area contributed by atoms with Gasteiger partial charge in [-0.05, 0) is 32.3 Å². The second-order valence-corrected chi connectivity index (χ2v) is 4.28. The van der Waals surface area contributed by atoms with Crippen LogP contribution < -0.4 is 15.2 Å². The van der Waals surface area contributed by atoms with E-state index in [9.17, 15) is 0 Å². The van der Waals surface area contributed by atoms with Crippen molar-refractivity contribution in [3.05, 3.63) is 23.8 Å². The molecule has 0 bridgehead atoms. The van der Waals surface area contributed by atoms with Gasteiger partial charge in [0.25, 0.3) is 0 Å². The van der Waals surface area contributed by atoms with Crippen molar-refractivity contribution in [3.8, 4) is 11.5 Å². The quantitative estimate of drug-likeness (QED) is 0.849. The number of methoxy groups -OCH3 is 1. The van der Waals surface area contributed by atoms with Crippen molar-refractivity contribution in [1.82, 2.24) is 0 Å². The zero-order chi connectivity index (χ0) is 11.6. The predicted molar refractivity (Wildman–Crippen MR) is 63.9 cm³/mol. The highest BCUT2D eigenvalue weighted by molar-refractivity contribution is 5.50. The molecule has 1 fully saturated rings. The summed E-state index contributed by atoms with van der Waals surface area (Å²) >= 11 is 0. The Bertz CT molecular complexity index is 372. The van der Waals surface area contributed by atoms with Gasteiger partial charge in [-0.15, -0.1) is 0 Å². The Morgan fingerprint density at radius 3 is 2.62 bits per heavy atom. The lowest BCUT2D eigenvalue weighted by Gasteiger charge is -2.39. The molecule has 88 valence electrons. The maximum absolute atomic E-state index is 6.34. The molecule has 3 heteroatoms. The van der Waals surface area contributed by atoms with E-state index in [2.05, 4.69) is 0 Å². The Morgan fingerprint density at radius 2 is 2.12 bits per heavy atom. The van der Waals surface area contributed by atoms with Crippen LogP contribution in [-0.2, 0) is 5.54 Å². The first-order valence-electron chi connectivity index (χ1n) is 5.80. The minimum absolute atomic E-state index is 0.209. The van der Waals surface area contributed by atoms with Crippen molar-refractivity contribution in [1.29, 1.82) is 0 Å². The monoisotopic (exact) mass is 221 g/mol. The molecule has 0 unspecified atom stereocenters. The van der Waals surface area contributed by atoms with Gasteiger partial charge in [0.15, 0.2) is 11.5 Å². The van der Waals surface area contributed by atoms with E-state index in [0.29, 0.717) is 6.61 Å². The molecule has 0 aliphatic heterocycles. The van der Waals surface area contributed by atoms with Gasteiger partial charge in [-0.2, -0.15) is 0 Å². The van der Waals surface area contributed by atoms with Crippen LogP contribution in [0.5, 0.6) is 11.5 Å². The lowest BCUT2D eigenvalue weighted by atomic mass is 9.72. The van der Waals surface area contributed by atoms with E-state index in [-0.39, 0.29) is 5.54 Å². The summed E-state index contributed by atoms with van der Waals surface area (Å²) in [5, 5.41) is 0. The molecule has 1 aromatic carbocycles. The van der Waals surface area contributed by atoms with Crippen molar-refractivity contribution in [2.75, 3.05) is 13.7 Å². The van der Waals surface area contributed by atoms with Gasteiger partial charge in [0.1, 0.15) is 0 Å². The van der Waals surface area contributed by atoms with E-state index in [1.165, 1.54) is 6.42 Å². The van der Waals surface area contributed by atoms with Crippen LogP contribution in [0, 0.1) is 0 Å². The Labute approximate surface area is 96.5 Å². The third-order valence-electron chi connectivity index (χ3n) is 3.27. The highest BCUT2D eigenvalue weighted by Gasteiger charge is 2.37. The van der Waals surface area contributed by atoms with Crippen molar-refractivity contribution < 1.29 is 9.47 Å². The first-order valence-corrected chi connectivity index (χ1v) is 5.80. The van der Waals surface area contributed by atoms with Crippen molar-refractivity contribution in [2.24, 2.45) is 5.73 Å². The van der Waals surface area contributed by atoms with Gasteiger partial charge >= 0.3 is 0 Å². The SMILES string of the molecule is CCOc1c(OC)cccc1C1(N)CCC1. The lowest BCUT2D eigenvalue weighted by molar-refractivity contribution is 0.233. The fourth-order valence-electron chi connectivity index (χ4n) is 2.19. The summed E-state index contributed by atoms with van der Waals surface area (Å²) in [6.45, 7) is 2.60. The molecule has 0 heterocycles. The van der Waals surface area contributed by atoms with Crippen LogP contribution in [0.4, 0.5) is 0 Å². The van der Waals surface area contributed by atoms with Gasteiger partial charge < -0.3 is 15.2 Å². The van der Waals surface area contributed by atoms with Crippen LogP contribution in [0.3, 0.4) is 0 Å². The lowest BCUT2D eigenvalue weighted by Crippen LogP contribution is -2.43. The van der Waals surface area contributed by atoms with Crippen LogP contribution >= 0.6 is 0 Å². The van der Waals surface area contributed by atoms with E-state index in [0.717, 1.165) is 29.9 Å². The fourth-order valence-corrected chi connectivity index (χ4v) is 2.19. The number of hydrogen-bond donors (Lipinski definition) is 1. The largest absolute Gasteiger partial charge is 0.493 e. The molecule has 1 aliphatic rings. The first kappa shape index (κ1) is 11.3. The average molecular weight is 221 g/mol. The van der Waals surface area contributed by atoms with Gasteiger partial charge in [0, 0.05) is 11.1 Å². The first-order chi connectivity index (χ1) is 7.71. The summed E-state index contributed by atoms with van der Waals surface area (Å²) in [6.07, 6.45) is 3.25. The van der Waals surface area contributed by atoms with Gasteiger partial charge in [-0.25, -0.2) is 0 Å². The minimum atomic E-state index is -0.209. The Balaban J connectivity index is 2.42. The zero-order valence-electron chi connectivity index (χ0n) is 9.95. The third-order valence-corrected chi connectivity index (χ3v) is 3.27. The molecule has 1 aromatic rings. The van der Waals surface area contributed by atoms with Gasteiger partial charge in [0.2, 0.25) is 0 Å². The number of rotatable bonds is 4. The highest BCUT2D eigenvalue weighted by Crippen LogP contribution is 2.45. The molecule has 2 rings (SSSR count). The Morgan fingerprint density at radius 1 is 1.38 bits per heavy atom. The molecule has 0 atom stereocenters. The molecule has 3 nitrogen and oxygen atoms in total. The molecular formula is C13H19NO2. The van der Waals surface area contributed by atoms with Gasteiger partial charge in [-0.1, -0.05) is 12.1 Å². The highest BCUT2D eigenvalue weighted by atomic mass is 16.5. The Kier molecular flexibility index (Phi) is 3.06. The Hall–Kier alpha value is -1.22. The standard InChI is InChI=1S/C13H19NO2/c1-3-16-12-10(13(14)8-5-9-13)6-4-7-11(12)15-2/h4,6-7H,3,5,8-9,14H2,1-2H3. The van der Waals surface area contributed by atoms with Crippen molar-refractivity contribution in [2.45, 2.75) is 31.7 Å². The summed E-state index contributed by atoms with van der Waals surface area (Å²) in [7, 11) is 1.66. The van der Waals surface area contributed by atoms with E-state index >= 15 is 0 Å². The summed E-state index contributed by atoms with van der Waals surface area (Å²) in [5.74, 6) is 1.59. The molecular weight excluding hydrogens is 202 g/mol. The topological polar surface area (TPSA) is 44.5 Å². The summed E-state index contributed by atoms with van der Waals surface area (Å²) in [6, 6.07) is 5.94. The maximum atomic E-state index is 6.34. The molecule has 0 radical (unpaired) electrons. The van der Waals surface area contributed by atoms with Crippen molar-refractivity contribution >= 4 is 0 Å². The van der Waals surface area contributed by atoms with Crippen LogP contribution in [0.25, 0.3) is 0 Å². The smallest absolute Gasteiger partial charge is 0.166 e. The van der Waals surface area contributed by atoms with Crippen LogP contribution in [0.1, 0.15) is 31.7 Å². The van der Waals surface area contributed by atoms with E-state index < -0.39 is 0 Å². The molecule has 0 saturated heterocycles. The van der Waals surface area contributed by atoms with Crippen LogP contribution in [0.2, 0.25) is 0 Å². The molecule has 0 aromatic heterocycles. The maximum Gasteiger partial charge on any atom is 0.166 e. The fraction of sp³-hybridized carbons (Fsp3) is 0.538. The minimum Gasteiger partial charge on any atom is -0.493 e. The average Bonchev–Trinajstić information content (AvgIpc) is 2.26. The van der Waals surface area contributed by atoms with Gasteiger partial charge in [-0.3, -0.25) is 0 Å². The molecule has 1 aliphatic carbocycles.